The lowest BCUT2D eigenvalue weighted by Gasteiger charge is -2.30. The second-order valence-electron chi connectivity index (χ2n) is 5.25. The van der Waals surface area contributed by atoms with Gasteiger partial charge in [0.25, 0.3) is 0 Å². The molecule has 0 radical (unpaired) electrons. The van der Waals surface area contributed by atoms with E-state index in [0.717, 1.165) is 6.54 Å². The zero-order valence-corrected chi connectivity index (χ0v) is 13.1. The molecule has 0 fully saturated rings. The molecule has 0 aliphatic heterocycles. The molecular weight excluding hydrogens is 257 g/mol. The van der Waals surface area contributed by atoms with E-state index in [0.29, 0.717) is 17.9 Å². The summed E-state index contributed by atoms with van der Waals surface area (Å²) >= 11 is 0. The summed E-state index contributed by atoms with van der Waals surface area (Å²) in [5.41, 5.74) is 0.651. The Kier molecular flexibility index (Phi) is 6.96. The van der Waals surface area contributed by atoms with E-state index in [1.54, 1.807) is 19.2 Å². The molecule has 0 bridgehead atoms. The first-order valence-electron chi connectivity index (χ1n) is 7.12. The predicted octanol–water partition coefficient (Wildman–Crippen LogP) is 3.03. The average Bonchev–Trinajstić information content (AvgIpc) is 2.41. The Labute approximate surface area is 121 Å². The summed E-state index contributed by atoms with van der Waals surface area (Å²) in [6, 6.07) is 5.33. The van der Waals surface area contributed by atoms with E-state index in [9.17, 15) is 4.39 Å². The van der Waals surface area contributed by atoms with Crippen LogP contribution in [0.4, 0.5) is 4.39 Å². The largest absolute Gasteiger partial charge is 0.494 e. The van der Waals surface area contributed by atoms with Gasteiger partial charge in [-0.1, -0.05) is 32.9 Å². The maximum Gasteiger partial charge on any atom is 0.168 e. The molecule has 1 aromatic carbocycles. The number of rotatable bonds is 8. The second-order valence-corrected chi connectivity index (χ2v) is 5.25. The van der Waals surface area contributed by atoms with Crippen molar-refractivity contribution >= 4 is 0 Å². The maximum absolute atomic E-state index is 14.2. The molecule has 3 nitrogen and oxygen atoms in total. The molecule has 114 valence electrons. The number of benzene rings is 1. The smallest absolute Gasteiger partial charge is 0.168 e. The zero-order chi connectivity index (χ0) is 15.1. The molecule has 0 amide bonds. The first kappa shape index (κ1) is 16.9. The van der Waals surface area contributed by atoms with Crippen LogP contribution >= 0.6 is 0 Å². The van der Waals surface area contributed by atoms with Gasteiger partial charge in [-0.2, -0.15) is 0 Å². The van der Waals surface area contributed by atoms with Gasteiger partial charge in [0, 0.05) is 13.2 Å². The molecule has 0 saturated carbocycles. The average molecular weight is 283 g/mol. The van der Waals surface area contributed by atoms with Gasteiger partial charge >= 0.3 is 0 Å². The Morgan fingerprint density at radius 1 is 1.25 bits per heavy atom. The molecule has 0 aliphatic carbocycles. The van der Waals surface area contributed by atoms with Crippen molar-refractivity contribution in [3.8, 4) is 5.75 Å². The van der Waals surface area contributed by atoms with Crippen molar-refractivity contribution in [1.29, 1.82) is 0 Å². The van der Waals surface area contributed by atoms with Gasteiger partial charge in [0.15, 0.2) is 11.6 Å². The summed E-state index contributed by atoms with van der Waals surface area (Å²) in [5, 5.41) is 3.40. The van der Waals surface area contributed by atoms with Crippen LogP contribution in [0.1, 0.15) is 26.3 Å². The molecule has 2 atom stereocenters. The van der Waals surface area contributed by atoms with Crippen molar-refractivity contribution in [2.75, 3.05) is 20.8 Å². The van der Waals surface area contributed by atoms with Crippen LogP contribution in [-0.2, 0) is 11.2 Å². The van der Waals surface area contributed by atoms with Crippen molar-refractivity contribution in [2.45, 2.75) is 39.3 Å². The number of methoxy groups -OCH3 is 2. The topological polar surface area (TPSA) is 30.5 Å². The third-order valence-electron chi connectivity index (χ3n) is 3.50. The number of hydrogen-bond donors (Lipinski definition) is 1. The van der Waals surface area contributed by atoms with E-state index in [2.05, 4.69) is 19.2 Å². The number of ether oxygens (including phenoxy) is 2. The van der Waals surface area contributed by atoms with E-state index in [1.807, 2.05) is 13.0 Å². The van der Waals surface area contributed by atoms with E-state index in [4.69, 9.17) is 9.47 Å². The molecule has 0 spiro atoms. The minimum atomic E-state index is -0.281. The molecule has 1 N–H and O–H groups in total. The Bertz CT molecular complexity index is 409. The molecule has 4 heteroatoms. The van der Waals surface area contributed by atoms with Crippen molar-refractivity contribution in [3.63, 3.8) is 0 Å². The van der Waals surface area contributed by atoms with Gasteiger partial charge in [0.2, 0.25) is 0 Å². The van der Waals surface area contributed by atoms with Gasteiger partial charge in [0.05, 0.1) is 13.2 Å². The molecule has 0 heterocycles. The zero-order valence-electron chi connectivity index (χ0n) is 13.1. The fourth-order valence-corrected chi connectivity index (χ4v) is 2.58. The van der Waals surface area contributed by atoms with Crippen LogP contribution in [0.3, 0.4) is 0 Å². The van der Waals surface area contributed by atoms with Crippen LogP contribution in [-0.4, -0.2) is 32.9 Å². The number of likely N-dealkylation sites (N-methyl/N-ethyl adjacent to an activating group) is 1. The minimum Gasteiger partial charge on any atom is -0.494 e. The van der Waals surface area contributed by atoms with Crippen molar-refractivity contribution in [3.05, 3.63) is 29.6 Å². The Morgan fingerprint density at radius 3 is 2.45 bits per heavy atom. The van der Waals surface area contributed by atoms with Crippen LogP contribution in [0.5, 0.6) is 5.75 Å². The lowest BCUT2D eigenvalue weighted by Crippen LogP contribution is -2.45. The molecule has 0 saturated heterocycles. The molecule has 0 aromatic heterocycles. The maximum atomic E-state index is 14.2. The molecule has 1 rings (SSSR count). The standard InChI is InChI=1S/C16H26FNO2/c1-6-18-13(16(20-5)11(2)3)10-12-8-7-9-14(19-4)15(12)17/h7-9,11,13,16,18H,6,10H2,1-5H3. The second kappa shape index (κ2) is 8.22. The third kappa shape index (κ3) is 4.18. The van der Waals surface area contributed by atoms with Crippen molar-refractivity contribution in [1.82, 2.24) is 5.32 Å². The number of nitrogens with one attached hydrogen (secondary N) is 1. The fraction of sp³-hybridized carbons (Fsp3) is 0.625. The number of hydrogen-bond acceptors (Lipinski definition) is 3. The van der Waals surface area contributed by atoms with E-state index in [1.165, 1.54) is 7.11 Å². The molecule has 1 aromatic rings. The highest BCUT2D eigenvalue weighted by molar-refractivity contribution is 5.31. The van der Waals surface area contributed by atoms with Gasteiger partial charge < -0.3 is 14.8 Å². The van der Waals surface area contributed by atoms with Crippen LogP contribution in [0.25, 0.3) is 0 Å². The van der Waals surface area contributed by atoms with Gasteiger partial charge in [0.1, 0.15) is 0 Å². The highest BCUT2D eigenvalue weighted by atomic mass is 19.1. The molecule has 0 aliphatic rings. The summed E-state index contributed by atoms with van der Waals surface area (Å²) in [7, 11) is 3.19. The van der Waals surface area contributed by atoms with Gasteiger partial charge in [-0.3, -0.25) is 0 Å². The van der Waals surface area contributed by atoms with Crippen LogP contribution in [0, 0.1) is 11.7 Å². The Balaban J connectivity index is 2.95. The van der Waals surface area contributed by atoms with E-state index in [-0.39, 0.29) is 23.7 Å². The van der Waals surface area contributed by atoms with Crippen molar-refractivity contribution in [2.24, 2.45) is 5.92 Å². The summed E-state index contributed by atoms with van der Waals surface area (Å²) in [5.74, 6) is 0.366. The highest BCUT2D eigenvalue weighted by Gasteiger charge is 2.25. The van der Waals surface area contributed by atoms with E-state index >= 15 is 0 Å². The molecule has 2 unspecified atom stereocenters. The van der Waals surface area contributed by atoms with Crippen LogP contribution in [0.2, 0.25) is 0 Å². The monoisotopic (exact) mass is 283 g/mol. The van der Waals surface area contributed by atoms with Crippen LogP contribution < -0.4 is 10.1 Å². The Morgan fingerprint density at radius 2 is 1.95 bits per heavy atom. The van der Waals surface area contributed by atoms with Crippen molar-refractivity contribution < 1.29 is 13.9 Å². The number of halogens is 1. The van der Waals surface area contributed by atoms with Gasteiger partial charge in [-0.05, 0) is 30.5 Å². The first-order chi connectivity index (χ1) is 9.54. The SMILES string of the molecule is CCNC(Cc1cccc(OC)c1F)C(OC)C(C)C. The Hall–Kier alpha value is -1.13. The summed E-state index contributed by atoms with van der Waals surface area (Å²) in [6.45, 7) is 7.09. The minimum absolute atomic E-state index is 0.0422. The van der Waals surface area contributed by atoms with Gasteiger partial charge in [-0.25, -0.2) is 4.39 Å². The first-order valence-corrected chi connectivity index (χ1v) is 7.12. The normalized spacial score (nSPS) is 14.3. The molecular formula is C16H26FNO2. The summed E-state index contributed by atoms with van der Waals surface area (Å²) in [4.78, 5) is 0. The summed E-state index contributed by atoms with van der Waals surface area (Å²) < 4.78 is 24.9. The molecule has 20 heavy (non-hydrogen) atoms. The lowest BCUT2D eigenvalue weighted by molar-refractivity contribution is 0.0334. The quantitative estimate of drug-likeness (QED) is 0.795. The lowest BCUT2D eigenvalue weighted by atomic mass is 9.93. The van der Waals surface area contributed by atoms with Gasteiger partial charge in [-0.15, -0.1) is 0 Å². The van der Waals surface area contributed by atoms with Crippen LogP contribution in [0.15, 0.2) is 18.2 Å². The highest BCUT2D eigenvalue weighted by Crippen LogP contribution is 2.23. The van der Waals surface area contributed by atoms with E-state index < -0.39 is 0 Å². The third-order valence-corrected chi connectivity index (χ3v) is 3.50. The fourth-order valence-electron chi connectivity index (χ4n) is 2.58. The predicted molar refractivity (Wildman–Crippen MR) is 79.8 cm³/mol. The summed E-state index contributed by atoms with van der Waals surface area (Å²) in [6.07, 6.45) is 0.619.